The minimum Gasteiger partial charge on any atom is -0.385 e. The summed E-state index contributed by atoms with van der Waals surface area (Å²) >= 11 is 0. The molecule has 0 radical (unpaired) electrons. The van der Waals surface area contributed by atoms with Crippen LogP contribution in [0, 0.1) is 12.7 Å². The van der Waals surface area contributed by atoms with Gasteiger partial charge in [0.2, 0.25) is 0 Å². The summed E-state index contributed by atoms with van der Waals surface area (Å²) < 4.78 is 17.9. The number of hydrogen-bond donors (Lipinski definition) is 1. The van der Waals surface area contributed by atoms with Crippen molar-refractivity contribution in [3.8, 4) is 0 Å². The van der Waals surface area contributed by atoms with Crippen LogP contribution in [0.1, 0.15) is 17.5 Å². The number of rotatable bonds is 5. The standard InChI is InChI=1S/C12H18FNO/c1-9-3-4-11(13)7-10(9)8-12(14)5-6-15-2/h3-4,7,12H,5-6,8,14H2,1-2H3. The molecule has 0 bridgehead atoms. The third-order valence-corrected chi connectivity index (χ3v) is 2.49. The second kappa shape index (κ2) is 5.83. The first-order valence-electron chi connectivity index (χ1n) is 5.13. The van der Waals surface area contributed by atoms with Crippen molar-refractivity contribution >= 4 is 0 Å². The minimum absolute atomic E-state index is 0.0328. The molecule has 0 aliphatic carbocycles. The van der Waals surface area contributed by atoms with Crippen LogP contribution in [-0.4, -0.2) is 19.8 Å². The first-order valence-corrected chi connectivity index (χ1v) is 5.13. The van der Waals surface area contributed by atoms with Crippen molar-refractivity contribution in [2.45, 2.75) is 25.8 Å². The molecule has 2 N–H and O–H groups in total. The van der Waals surface area contributed by atoms with Crippen molar-refractivity contribution in [2.24, 2.45) is 5.73 Å². The van der Waals surface area contributed by atoms with Gasteiger partial charge in [-0.1, -0.05) is 6.07 Å². The Hall–Kier alpha value is -0.930. The molecule has 2 nitrogen and oxygen atoms in total. The summed E-state index contributed by atoms with van der Waals surface area (Å²) in [6, 6.07) is 4.85. The van der Waals surface area contributed by atoms with Crippen LogP contribution in [0.25, 0.3) is 0 Å². The highest BCUT2D eigenvalue weighted by Crippen LogP contribution is 2.12. The Labute approximate surface area is 90.2 Å². The van der Waals surface area contributed by atoms with Gasteiger partial charge in [0.25, 0.3) is 0 Å². The van der Waals surface area contributed by atoms with Gasteiger partial charge < -0.3 is 10.5 Å². The van der Waals surface area contributed by atoms with Gasteiger partial charge >= 0.3 is 0 Å². The third kappa shape index (κ3) is 3.98. The molecule has 0 heterocycles. The highest BCUT2D eigenvalue weighted by molar-refractivity contribution is 5.27. The van der Waals surface area contributed by atoms with Crippen molar-refractivity contribution in [3.05, 3.63) is 35.1 Å². The summed E-state index contributed by atoms with van der Waals surface area (Å²) in [6.07, 6.45) is 1.50. The number of halogens is 1. The fraction of sp³-hybridized carbons (Fsp3) is 0.500. The van der Waals surface area contributed by atoms with Crippen LogP contribution in [-0.2, 0) is 11.2 Å². The summed E-state index contributed by atoms with van der Waals surface area (Å²) in [6.45, 7) is 2.62. The van der Waals surface area contributed by atoms with E-state index in [0.717, 1.165) is 17.5 Å². The Morgan fingerprint density at radius 1 is 1.47 bits per heavy atom. The van der Waals surface area contributed by atoms with Crippen LogP contribution in [0.5, 0.6) is 0 Å². The molecule has 1 atom stereocenters. The lowest BCUT2D eigenvalue weighted by atomic mass is 10.00. The Morgan fingerprint density at radius 3 is 2.87 bits per heavy atom. The van der Waals surface area contributed by atoms with Crippen molar-refractivity contribution in [2.75, 3.05) is 13.7 Å². The molecule has 0 aliphatic rings. The maximum atomic E-state index is 13.0. The summed E-state index contributed by atoms with van der Waals surface area (Å²) in [5.74, 6) is -0.199. The molecule has 0 aliphatic heterocycles. The molecule has 84 valence electrons. The van der Waals surface area contributed by atoms with Gasteiger partial charge in [0.05, 0.1) is 0 Å². The van der Waals surface area contributed by atoms with E-state index in [2.05, 4.69) is 0 Å². The van der Waals surface area contributed by atoms with Gasteiger partial charge in [-0.05, 0) is 43.0 Å². The largest absolute Gasteiger partial charge is 0.385 e. The molecule has 0 amide bonds. The number of benzene rings is 1. The number of hydrogen-bond acceptors (Lipinski definition) is 2. The van der Waals surface area contributed by atoms with Gasteiger partial charge in [0.15, 0.2) is 0 Å². The molecule has 0 saturated carbocycles. The van der Waals surface area contributed by atoms with Crippen LogP contribution in [0.3, 0.4) is 0 Å². The van der Waals surface area contributed by atoms with Crippen molar-refractivity contribution in [3.63, 3.8) is 0 Å². The molecule has 0 saturated heterocycles. The van der Waals surface area contributed by atoms with Crippen LogP contribution >= 0.6 is 0 Å². The summed E-state index contributed by atoms with van der Waals surface area (Å²) in [5, 5.41) is 0. The summed E-state index contributed by atoms with van der Waals surface area (Å²) in [7, 11) is 1.65. The average Bonchev–Trinajstić information content (AvgIpc) is 2.20. The zero-order chi connectivity index (χ0) is 11.3. The second-order valence-corrected chi connectivity index (χ2v) is 3.82. The lowest BCUT2D eigenvalue weighted by Crippen LogP contribution is -2.24. The zero-order valence-corrected chi connectivity index (χ0v) is 9.29. The van der Waals surface area contributed by atoms with E-state index in [-0.39, 0.29) is 11.9 Å². The quantitative estimate of drug-likeness (QED) is 0.809. The number of nitrogens with two attached hydrogens (primary N) is 1. The molecule has 15 heavy (non-hydrogen) atoms. The molecule has 0 fully saturated rings. The Balaban J connectivity index is 2.59. The third-order valence-electron chi connectivity index (χ3n) is 2.49. The van der Waals surface area contributed by atoms with Crippen molar-refractivity contribution in [1.82, 2.24) is 0 Å². The zero-order valence-electron chi connectivity index (χ0n) is 9.29. The Bertz CT molecular complexity index is 314. The highest BCUT2D eigenvalue weighted by atomic mass is 19.1. The average molecular weight is 211 g/mol. The van der Waals surface area contributed by atoms with E-state index in [1.807, 2.05) is 6.92 Å². The molecule has 1 aromatic carbocycles. The normalized spacial score (nSPS) is 12.8. The summed E-state index contributed by atoms with van der Waals surface area (Å²) in [5.41, 5.74) is 7.98. The molecular formula is C12H18FNO. The molecular weight excluding hydrogens is 193 g/mol. The first kappa shape index (κ1) is 12.1. The molecule has 1 aromatic rings. The van der Waals surface area contributed by atoms with Crippen molar-refractivity contribution in [1.29, 1.82) is 0 Å². The number of methoxy groups -OCH3 is 1. The van der Waals surface area contributed by atoms with Gasteiger partial charge in [0.1, 0.15) is 5.82 Å². The molecule has 0 spiro atoms. The maximum absolute atomic E-state index is 13.0. The van der Waals surface area contributed by atoms with E-state index in [1.165, 1.54) is 6.07 Å². The van der Waals surface area contributed by atoms with E-state index < -0.39 is 0 Å². The van der Waals surface area contributed by atoms with Gasteiger partial charge in [0, 0.05) is 19.8 Å². The number of ether oxygens (including phenoxy) is 1. The SMILES string of the molecule is COCCC(N)Cc1cc(F)ccc1C. The highest BCUT2D eigenvalue weighted by Gasteiger charge is 2.07. The van der Waals surface area contributed by atoms with Crippen LogP contribution in [0.4, 0.5) is 4.39 Å². The van der Waals surface area contributed by atoms with E-state index in [4.69, 9.17) is 10.5 Å². The van der Waals surface area contributed by atoms with E-state index in [0.29, 0.717) is 13.0 Å². The van der Waals surface area contributed by atoms with Gasteiger partial charge in [-0.2, -0.15) is 0 Å². The van der Waals surface area contributed by atoms with Crippen LogP contribution in [0.15, 0.2) is 18.2 Å². The Kier molecular flexibility index (Phi) is 4.72. The van der Waals surface area contributed by atoms with E-state index in [9.17, 15) is 4.39 Å². The topological polar surface area (TPSA) is 35.2 Å². The summed E-state index contributed by atoms with van der Waals surface area (Å²) in [4.78, 5) is 0. The smallest absolute Gasteiger partial charge is 0.123 e. The predicted octanol–water partition coefficient (Wildman–Crippen LogP) is 2.04. The Morgan fingerprint density at radius 2 is 2.20 bits per heavy atom. The molecule has 0 aromatic heterocycles. The molecule has 1 unspecified atom stereocenters. The first-order chi connectivity index (χ1) is 7.13. The van der Waals surface area contributed by atoms with E-state index >= 15 is 0 Å². The second-order valence-electron chi connectivity index (χ2n) is 3.82. The van der Waals surface area contributed by atoms with Gasteiger partial charge in [-0.25, -0.2) is 4.39 Å². The number of aryl methyl sites for hydroxylation is 1. The fourth-order valence-electron chi connectivity index (χ4n) is 1.51. The fourth-order valence-corrected chi connectivity index (χ4v) is 1.51. The van der Waals surface area contributed by atoms with Crippen LogP contribution < -0.4 is 5.73 Å². The lowest BCUT2D eigenvalue weighted by Gasteiger charge is -2.12. The maximum Gasteiger partial charge on any atom is 0.123 e. The minimum atomic E-state index is -0.199. The lowest BCUT2D eigenvalue weighted by molar-refractivity contribution is 0.188. The predicted molar refractivity (Wildman–Crippen MR) is 59.3 cm³/mol. The van der Waals surface area contributed by atoms with Crippen molar-refractivity contribution < 1.29 is 9.13 Å². The molecule has 1 rings (SSSR count). The monoisotopic (exact) mass is 211 g/mol. The van der Waals surface area contributed by atoms with Gasteiger partial charge in [-0.3, -0.25) is 0 Å². The molecule has 3 heteroatoms. The van der Waals surface area contributed by atoms with E-state index in [1.54, 1.807) is 19.2 Å². The van der Waals surface area contributed by atoms with Crippen LogP contribution in [0.2, 0.25) is 0 Å². The van der Waals surface area contributed by atoms with Gasteiger partial charge in [-0.15, -0.1) is 0 Å².